The monoisotopic (exact) mass is 765 g/mol. The highest BCUT2D eigenvalue weighted by atomic mass is 35.5. The van der Waals surface area contributed by atoms with Crippen LogP contribution in [0, 0.1) is 0 Å². The molecule has 0 aliphatic carbocycles. The van der Waals surface area contributed by atoms with E-state index in [4.69, 9.17) is 25.8 Å². The standard InChI is InChI=1S/C33H32ClNO10S4/c1-43-26-17-22-20(16-25(26)36)15-23(32(37)44-10-13-48(2,39)40)24(33(38)45-11-14-49(3,41)42)18-35(31(22)28-9-6-12-46-28)19-29-30(34)21-7-4-5-8-27(21)47-29/h4-9,12,15-18,31,36H,10-11,13-14,19H2,1-3H3. The van der Waals surface area contributed by atoms with E-state index in [1.54, 1.807) is 6.07 Å². The summed E-state index contributed by atoms with van der Waals surface area (Å²) in [5.74, 6) is -3.06. The van der Waals surface area contributed by atoms with E-state index in [1.165, 1.54) is 48.1 Å². The fraction of sp³-hybridized carbons (Fsp3) is 0.273. The molecule has 0 bridgehead atoms. The number of thiophene rings is 2. The molecule has 260 valence electrons. The molecule has 0 saturated heterocycles. The molecule has 3 heterocycles. The highest BCUT2D eigenvalue weighted by molar-refractivity contribution is 7.90. The van der Waals surface area contributed by atoms with Crippen LogP contribution >= 0.6 is 34.3 Å². The fourth-order valence-electron chi connectivity index (χ4n) is 5.14. The first-order valence-electron chi connectivity index (χ1n) is 14.6. The second-order valence-corrected chi connectivity index (χ2v) is 18.2. The number of nitrogens with zero attached hydrogens (tertiary/aromatic N) is 1. The molecule has 1 aliphatic rings. The smallest absolute Gasteiger partial charge is 0.340 e. The molecule has 4 aromatic rings. The zero-order chi connectivity index (χ0) is 35.5. The van der Waals surface area contributed by atoms with Gasteiger partial charge in [-0.2, -0.15) is 0 Å². The van der Waals surface area contributed by atoms with Gasteiger partial charge in [-0.15, -0.1) is 22.7 Å². The maximum atomic E-state index is 13.8. The lowest BCUT2D eigenvalue weighted by atomic mass is 9.91. The van der Waals surface area contributed by atoms with Gasteiger partial charge in [-0.05, 0) is 46.8 Å². The van der Waals surface area contributed by atoms with Gasteiger partial charge in [0.2, 0.25) is 0 Å². The van der Waals surface area contributed by atoms with Crippen LogP contribution < -0.4 is 4.74 Å². The number of fused-ring (bicyclic) bond motifs is 2. The van der Waals surface area contributed by atoms with E-state index in [9.17, 15) is 31.5 Å². The van der Waals surface area contributed by atoms with Gasteiger partial charge in [0.05, 0.1) is 47.4 Å². The Morgan fingerprint density at radius 3 is 2.18 bits per heavy atom. The van der Waals surface area contributed by atoms with Crippen molar-refractivity contribution in [3.63, 3.8) is 0 Å². The maximum Gasteiger partial charge on any atom is 0.340 e. The Balaban J connectivity index is 1.74. The number of rotatable bonds is 12. The molecule has 11 nitrogen and oxygen atoms in total. The molecule has 1 atom stereocenters. The van der Waals surface area contributed by atoms with Gasteiger partial charge in [0.15, 0.2) is 31.2 Å². The van der Waals surface area contributed by atoms with E-state index in [-0.39, 0.29) is 29.2 Å². The van der Waals surface area contributed by atoms with Crippen molar-refractivity contribution in [3.05, 3.63) is 97.2 Å². The topological polar surface area (TPSA) is 154 Å². The van der Waals surface area contributed by atoms with Gasteiger partial charge in [-0.1, -0.05) is 35.9 Å². The molecule has 0 radical (unpaired) electrons. The number of carbonyl (C=O) groups excluding carboxylic acids is 2. The lowest BCUT2D eigenvalue weighted by Crippen LogP contribution is -2.29. The largest absolute Gasteiger partial charge is 0.504 e. The number of methoxy groups -OCH3 is 1. The second kappa shape index (κ2) is 14.9. The van der Waals surface area contributed by atoms with Crippen LogP contribution in [0.4, 0.5) is 0 Å². The molecular formula is C33H32ClNO10S4. The van der Waals surface area contributed by atoms with Crippen LogP contribution in [0.25, 0.3) is 16.2 Å². The zero-order valence-electron chi connectivity index (χ0n) is 26.5. The van der Waals surface area contributed by atoms with Crippen molar-refractivity contribution in [3.8, 4) is 11.5 Å². The lowest BCUT2D eigenvalue weighted by Gasteiger charge is -2.34. The molecule has 0 amide bonds. The molecule has 0 saturated carbocycles. The number of esters is 2. The molecule has 49 heavy (non-hydrogen) atoms. The van der Waals surface area contributed by atoms with Gasteiger partial charge >= 0.3 is 11.9 Å². The van der Waals surface area contributed by atoms with Gasteiger partial charge in [0.1, 0.15) is 13.2 Å². The van der Waals surface area contributed by atoms with E-state index < -0.39 is 62.4 Å². The summed E-state index contributed by atoms with van der Waals surface area (Å²) in [6.07, 6.45) is 4.79. The number of phenolic OH excluding ortho intramolecular Hbond substituents is 1. The molecule has 0 fully saturated rings. The van der Waals surface area contributed by atoms with Crippen molar-refractivity contribution >= 4 is 82.0 Å². The van der Waals surface area contributed by atoms with Gasteiger partial charge < -0.3 is 24.2 Å². The van der Waals surface area contributed by atoms with E-state index >= 15 is 0 Å². The predicted octanol–water partition coefficient (Wildman–Crippen LogP) is 5.38. The summed E-state index contributed by atoms with van der Waals surface area (Å²) in [6, 6.07) is 13.8. The number of ether oxygens (including phenoxy) is 3. The number of hydrogen-bond acceptors (Lipinski definition) is 13. The van der Waals surface area contributed by atoms with E-state index in [0.717, 1.165) is 32.4 Å². The van der Waals surface area contributed by atoms with Crippen molar-refractivity contribution in [1.29, 1.82) is 0 Å². The minimum absolute atomic E-state index is 0.139. The molecule has 1 N–H and O–H groups in total. The molecule has 1 unspecified atom stereocenters. The summed E-state index contributed by atoms with van der Waals surface area (Å²) in [5, 5.41) is 14.1. The minimum atomic E-state index is -3.50. The van der Waals surface area contributed by atoms with E-state index in [0.29, 0.717) is 16.1 Å². The summed E-state index contributed by atoms with van der Waals surface area (Å²) >= 11 is 9.80. The highest BCUT2D eigenvalue weighted by Crippen LogP contribution is 2.44. The molecular weight excluding hydrogens is 734 g/mol. The Bertz CT molecular complexity index is 2170. The molecule has 2 aromatic heterocycles. The van der Waals surface area contributed by atoms with Crippen LogP contribution in [0.15, 0.2) is 71.3 Å². The van der Waals surface area contributed by atoms with Gasteiger partial charge in [0, 0.05) is 38.6 Å². The summed E-state index contributed by atoms with van der Waals surface area (Å²) in [4.78, 5) is 30.9. The summed E-state index contributed by atoms with van der Waals surface area (Å²) in [5.41, 5.74) is 0.337. The highest BCUT2D eigenvalue weighted by Gasteiger charge is 2.33. The fourth-order valence-corrected chi connectivity index (χ4v) is 8.28. The number of halogens is 1. The van der Waals surface area contributed by atoms with Crippen molar-refractivity contribution in [1.82, 2.24) is 4.90 Å². The molecule has 16 heteroatoms. The number of aromatic hydroxyl groups is 1. The third-order valence-corrected chi connectivity index (χ3v) is 11.9. The second-order valence-electron chi connectivity index (χ2n) is 11.2. The van der Waals surface area contributed by atoms with E-state index in [1.807, 2.05) is 46.7 Å². The normalized spacial score (nSPS) is 15.1. The number of phenols is 1. The Hall–Kier alpha value is -3.89. The Labute approximate surface area is 296 Å². The first-order chi connectivity index (χ1) is 23.1. The minimum Gasteiger partial charge on any atom is -0.504 e. The predicted molar refractivity (Wildman–Crippen MR) is 191 cm³/mol. The van der Waals surface area contributed by atoms with E-state index in [2.05, 4.69) is 0 Å². The van der Waals surface area contributed by atoms with Crippen LogP contribution in [-0.2, 0) is 45.3 Å². The molecule has 2 aromatic carbocycles. The third kappa shape index (κ3) is 8.83. The number of carbonyl (C=O) groups is 2. The molecule has 1 aliphatic heterocycles. The number of sulfone groups is 2. The maximum absolute atomic E-state index is 13.8. The summed E-state index contributed by atoms with van der Waals surface area (Å²) < 4.78 is 64.3. The van der Waals surface area contributed by atoms with Crippen LogP contribution in [-0.4, -0.2) is 83.1 Å². The Morgan fingerprint density at radius 1 is 0.939 bits per heavy atom. The SMILES string of the molecule is COc1cc2c(cc1O)C=C(C(=O)OCCS(C)(=O)=O)C(C(=O)OCCS(C)(=O)=O)=CN(Cc1sc3ccccc3c1Cl)C2c1cccs1. The molecule has 5 rings (SSSR count). The van der Waals surface area contributed by atoms with Gasteiger partial charge in [-0.3, -0.25) is 0 Å². The van der Waals surface area contributed by atoms with Gasteiger partial charge in [0.25, 0.3) is 0 Å². The summed E-state index contributed by atoms with van der Waals surface area (Å²) in [6.45, 7) is -0.846. The quantitative estimate of drug-likeness (QED) is 0.185. The van der Waals surface area contributed by atoms with Crippen LogP contribution in [0.3, 0.4) is 0 Å². The average molecular weight is 766 g/mol. The van der Waals surface area contributed by atoms with Crippen molar-refractivity contribution in [2.75, 3.05) is 44.3 Å². The lowest BCUT2D eigenvalue weighted by molar-refractivity contribution is -0.142. The van der Waals surface area contributed by atoms with Crippen LogP contribution in [0.5, 0.6) is 11.5 Å². The van der Waals surface area contributed by atoms with Crippen molar-refractivity contribution in [2.45, 2.75) is 12.6 Å². The van der Waals surface area contributed by atoms with Crippen LogP contribution in [0.1, 0.15) is 26.9 Å². The Kier molecular flexibility index (Phi) is 11.1. The third-order valence-electron chi connectivity index (χ3n) is 7.45. The number of benzene rings is 2. The first-order valence-corrected chi connectivity index (χ1v) is 20.8. The molecule has 0 spiro atoms. The first kappa shape index (κ1) is 36.4. The number of hydrogen-bond donors (Lipinski definition) is 1. The van der Waals surface area contributed by atoms with Crippen LogP contribution in [0.2, 0.25) is 5.02 Å². The van der Waals surface area contributed by atoms with Crippen molar-refractivity contribution < 1.29 is 45.7 Å². The Morgan fingerprint density at radius 2 is 1.59 bits per heavy atom. The van der Waals surface area contributed by atoms with Crippen molar-refractivity contribution in [2.24, 2.45) is 0 Å². The van der Waals surface area contributed by atoms with Gasteiger partial charge in [-0.25, -0.2) is 26.4 Å². The zero-order valence-corrected chi connectivity index (χ0v) is 30.6. The summed E-state index contributed by atoms with van der Waals surface area (Å²) in [7, 11) is -5.59. The average Bonchev–Trinajstić information content (AvgIpc) is 3.65.